The van der Waals surface area contributed by atoms with Crippen LogP contribution in [0.3, 0.4) is 0 Å². The molecule has 0 aliphatic rings. The van der Waals surface area contributed by atoms with E-state index < -0.39 is 0 Å². The predicted molar refractivity (Wildman–Crippen MR) is 62.2 cm³/mol. The van der Waals surface area contributed by atoms with Crippen molar-refractivity contribution in [3.05, 3.63) is 46.0 Å². The smallest absolute Gasteiger partial charge is 0.129 e. The predicted octanol–water partition coefficient (Wildman–Crippen LogP) is 2.30. The van der Waals surface area contributed by atoms with E-state index in [1.165, 1.54) is 0 Å². The molecular weight excluding hydrogens is 234 g/mol. The summed E-state index contributed by atoms with van der Waals surface area (Å²) in [5.41, 5.74) is 5.96. The van der Waals surface area contributed by atoms with Crippen molar-refractivity contribution in [3.63, 3.8) is 0 Å². The molecule has 0 aliphatic carbocycles. The lowest BCUT2D eigenvalue weighted by Crippen LogP contribution is -2.08. The van der Waals surface area contributed by atoms with Crippen LogP contribution in [0, 0.1) is 0 Å². The van der Waals surface area contributed by atoms with Crippen LogP contribution < -0.4 is 5.73 Å². The lowest BCUT2D eigenvalue weighted by atomic mass is 10.2. The Hall–Kier alpha value is -0.810. The molecule has 0 bridgehead atoms. The number of hydrogen-bond acceptors (Lipinski definition) is 4. The highest BCUT2D eigenvalue weighted by atomic mass is 35.5. The van der Waals surface area contributed by atoms with Crippen LogP contribution in [0.25, 0.3) is 0 Å². The van der Waals surface area contributed by atoms with Gasteiger partial charge in [0, 0.05) is 4.88 Å². The Balaban J connectivity index is 0.00000112. The molecule has 15 heavy (non-hydrogen) atoms. The summed E-state index contributed by atoms with van der Waals surface area (Å²) in [5, 5.41) is 10.8. The Morgan fingerprint density at radius 1 is 1.40 bits per heavy atom. The Morgan fingerprint density at radius 2 is 2.20 bits per heavy atom. The van der Waals surface area contributed by atoms with Crippen molar-refractivity contribution < 1.29 is 9.52 Å². The first-order valence-corrected chi connectivity index (χ1v) is 5.17. The summed E-state index contributed by atoms with van der Waals surface area (Å²) in [6, 6.07) is 7.24. The molecule has 0 aromatic carbocycles. The van der Waals surface area contributed by atoms with Crippen molar-refractivity contribution in [2.24, 2.45) is 5.73 Å². The zero-order chi connectivity index (χ0) is 9.97. The third kappa shape index (κ3) is 2.60. The van der Waals surface area contributed by atoms with E-state index >= 15 is 0 Å². The normalized spacial score (nSPS) is 12.1. The van der Waals surface area contributed by atoms with Crippen LogP contribution in [0.4, 0.5) is 0 Å². The number of halogens is 1. The first-order valence-electron chi connectivity index (χ1n) is 4.29. The van der Waals surface area contributed by atoms with Gasteiger partial charge >= 0.3 is 0 Å². The maximum Gasteiger partial charge on any atom is 0.129 e. The molecule has 0 radical (unpaired) electrons. The third-order valence-electron chi connectivity index (χ3n) is 1.99. The molecule has 2 aromatic heterocycles. The first-order chi connectivity index (χ1) is 6.81. The van der Waals surface area contributed by atoms with Gasteiger partial charge in [0.1, 0.15) is 18.1 Å². The zero-order valence-electron chi connectivity index (χ0n) is 7.92. The van der Waals surface area contributed by atoms with Crippen molar-refractivity contribution >= 4 is 23.7 Å². The Kier molecular flexibility index (Phi) is 4.35. The van der Waals surface area contributed by atoms with E-state index in [1.54, 1.807) is 23.5 Å². The average molecular weight is 246 g/mol. The minimum absolute atomic E-state index is 0. The van der Waals surface area contributed by atoms with Gasteiger partial charge in [-0.05, 0) is 23.6 Å². The second-order valence-corrected chi connectivity index (χ2v) is 3.93. The maximum absolute atomic E-state index is 8.83. The van der Waals surface area contributed by atoms with Gasteiger partial charge in [-0.3, -0.25) is 0 Å². The quantitative estimate of drug-likeness (QED) is 0.873. The highest BCUT2D eigenvalue weighted by Crippen LogP contribution is 2.25. The standard InChI is InChI=1S/C10H11NO2S.ClH/c11-10(9-2-1-5-14-9)8-4-3-7(6-12)13-8;/h1-5,10,12H,6,11H2;1H/t10-;/m1./s1. The van der Waals surface area contributed by atoms with Crippen molar-refractivity contribution in [2.75, 3.05) is 0 Å². The fourth-order valence-electron chi connectivity index (χ4n) is 1.26. The van der Waals surface area contributed by atoms with Crippen LogP contribution in [-0.4, -0.2) is 5.11 Å². The van der Waals surface area contributed by atoms with Crippen molar-refractivity contribution in [3.8, 4) is 0 Å². The molecular formula is C10H12ClNO2S. The summed E-state index contributed by atoms with van der Waals surface area (Å²) in [5.74, 6) is 1.24. The van der Waals surface area contributed by atoms with Gasteiger partial charge in [0.05, 0.1) is 6.04 Å². The molecule has 5 heteroatoms. The zero-order valence-corrected chi connectivity index (χ0v) is 9.55. The number of hydrogen-bond donors (Lipinski definition) is 2. The number of nitrogens with two attached hydrogens (primary N) is 1. The fourth-order valence-corrected chi connectivity index (χ4v) is 1.99. The Morgan fingerprint density at radius 3 is 2.73 bits per heavy atom. The Bertz CT molecular complexity index is 399. The third-order valence-corrected chi connectivity index (χ3v) is 2.95. The van der Waals surface area contributed by atoms with E-state index in [9.17, 15) is 0 Å². The second kappa shape index (κ2) is 5.32. The van der Waals surface area contributed by atoms with Crippen LogP contribution in [0.15, 0.2) is 34.1 Å². The molecule has 0 unspecified atom stereocenters. The average Bonchev–Trinajstić information content (AvgIpc) is 2.88. The lowest BCUT2D eigenvalue weighted by molar-refractivity contribution is 0.242. The van der Waals surface area contributed by atoms with E-state index in [0.29, 0.717) is 11.5 Å². The van der Waals surface area contributed by atoms with Crippen LogP contribution in [-0.2, 0) is 6.61 Å². The van der Waals surface area contributed by atoms with E-state index in [1.807, 2.05) is 17.5 Å². The fraction of sp³-hybridized carbons (Fsp3) is 0.200. The summed E-state index contributed by atoms with van der Waals surface area (Å²) >= 11 is 1.60. The van der Waals surface area contributed by atoms with Gasteiger partial charge in [-0.15, -0.1) is 23.7 Å². The topological polar surface area (TPSA) is 59.4 Å². The van der Waals surface area contributed by atoms with Crippen molar-refractivity contribution in [1.82, 2.24) is 0 Å². The van der Waals surface area contributed by atoms with E-state index in [2.05, 4.69) is 0 Å². The van der Waals surface area contributed by atoms with Gasteiger partial charge in [-0.2, -0.15) is 0 Å². The van der Waals surface area contributed by atoms with E-state index in [-0.39, 0.29) is 25.1 Å². The van der Waals surface area contributed by atoms with Crippen LogP contribution in [0.5, 0.6) is 0 Å². The number of aliphatic hydroxyl groups excluding tert-OH is 1. The molecule has 1 atom stereocenters. The summed E-state index contributed by atoms with van der Waals surface area (Å²) in [6.45, 7) is -0.0862. The van der Waals surface area contributed by atoms with Gasteiger partial charge in [0.2, 0.25) is 0 Å². The van der Waals surface area contributed by atoms with Crippen LogP contribution in [0.2, 0.25) is 0 Å². The minimum atomic E-state index is -0.227. The van der Waals surface area contributed by atoms with Gasteiger partial charge in [-0.25, -0.2) is 0 Å². The highest BCUT2D eigenvalue weighted by Gasteiger charge is 2.13. The van der Waals surface area contributed by atoms with E-state index in [0.717, 1.165) is 4.88 Å². The van der Waals surface area contributed by atoms with Crippen molar-refractivity contribution in [2.45, 2.75) is 12.6 Å². The first kappa shape index (κ1) is 12.3. The van der Waals surface area contributed by atoms with Crippen molar-refractivity contribution in [1.29, 1.82) is 0 Å². The molecule has 2 aromatic rings. The molecule has 0 saturated carbocycles. The number of rotatable bonds is 3. The molecule has 0 spiro atoms. The monoisotopic (exact) mass is 245 g/mol. The van der Waals surface area contributed by atoms with Crippen LogP contribution >= 0.6 is 23.7 Å². The maximum atomic E-state index is 8.83. The molecule has 0 aliphatic heterocycles. The van der Waals surface area contributed by atoms with Crippen LogP contribution in [0.1, 0.15) is 22.4 Å². The van der Waals surface area contributed by atoms with E-state index in [4.69, 9.17) is 15.3 Å². The van der Waals surface area contributed by atoms with Gasteiger partial charge < -0.3 is 15.3 Å². The molecule has 0 fully saturated rings. The lowest BCUT2D eigenvalue weighted by Gasteiger charge is -2.04. The SMILES string of the molecule is Cl.N[C@H](c1ccc(CO)o1)c1cccs1. The molecule has 0 amide bonds. The highest BCUT2D eigenvalue weighted by molar-refractivity contribution is 7.10. The molecule has 0 saturated heterocycles. The number of furan rings is 1. The molecule has 3 N–H and O–H groups in total. The summed E-state index contributed by atoms with van der Waals surface area (Å²) < 4.78 is 5.35. The number of aliphatic hydroxyl groups is 1. The molecule has 2 heterocycles. The minimum Gasteiger partial charge on any atom is -0.462 e. The molecule has 2 rings (SSSR count). The molecule has 82 valence electrons. The summed E-state index contributed by atoms with van der Waals surface area (Å²) in [4.78, 5) is 1.06. The Labute approximate surface area is 97.9 Å². The van der Waals surface area contributed by atoms with Gasteiger partial charge in [0.15, 0.2) is 0 Å². The van der Waals surface area contributed by atoms with Gasteiger partial charge in [-0.1, -0.05) is 6.07 Å². The second-order valence-electron chi connectivity index (χ2n) is 2.96. The summed E-state index contributed by atoms with van der Waals surface area (Å²) in [7, 11) is 0. The molecule has 3 nitrogen and oxygen atoms in total. The summed E-state index contributed by atoms with van der Waals surface area (Å²) in [6.07, 6.45) is 0. The number of thiophene rings is 1. The largest absolute Gasteiger partial charge is 0.462 e. The van der Waals surface area contributed by atoms with Gasteiger partial charge in [0.25, 0.3) is 0 Å².